The molecule has 0 aromatic heterocycles. The molecule has 0 bridgehead atoms. The lowest BCUT2D eigenvalue weighted by Crippen LogP contribution is -2.63. The first-order valence-corrected chi connectivity index (χ1v) is 17.9. The maximum atomic E-state index is 14.4. The van der Waals surface area contributed by atoms with Crippen LogP contribution in [0.25, 0.3) is 0 Å². The van der Waals surface area contributed by atoms with Crippen LogP contribution >= 0.6 is 0 Å². The summed E-state index contributed by atoms with van der Waals surface area (Å²) in [6.45, 7) is 11.1. The Morgan fingerprint density at radius 1 is 1.00 bits per heavy atom. The molecule has 1 heterocycles. The number of fused-ring (bicyclic) bond motifs is 1. The molecule has 0 radical (unpaired) electrons. The molecule has 1 aromatic carbocycles. The van der Waals surface area contributed by atoms with Gasteiger partial charge in [-0.25, -0.2) is 4.79 Å². The molecule has 1 aromatic rings. The number of ketones is 1. The van der Waals surface area contributed by atoms with Crippen molar-refractivity contribution in [1.82, 2.24) is 20.9 Å². The van der Waals surface area contributed by atoms with E-state index in [0.29, 0.717) is 32.1 Å². The molecule has 264 valence electrons. The molecule has 11 nitrogen and oxygen atoms in total. The number of hydrogen-bond acceptors (Lipinski definition) is 6. The third-order valence-electron chi connectivity index (χ3n) is 10.9. The first kappa shape index (κ1) is 35.8. The van der Waals surface area contributed by atoms with Gasteiger partial charge in [0.15, 0.2) is 0 Å². The van der Waals surface area contributed by atoms with E-state index in [0.717, 1.165) is 50.5 Å². The van der Waals surface area contributed by atoms with E-state index in [-0.39, 0.29) is 29.6 Å². The second-order valence-electron chi connectivity index (χ2n) is 16.2. The van der Waals surface area contributed by atoms with Crippen LogP contribution in [0.4, 0.5) is 4.79 Å². The number of hydrogen-bond donors (Lipinski definition) is 4. The van der Waals surface area contributed by atoms with Crippen molar-refractivity contribution in [2.75, 3.05) is 13.2 Å². The van der Waals surface area contributed by atoms with Gasteiger partial charge in [-0.2, -0.15) is 0 Å². The van der Waals surface area contributed by atoms with Crippen LogP contribution in [0, 0.1) is 35.0 Å². The van der Waals surface area contributed by atoms with E-state index in [1.165, 1.54) is 0 Å². The van der Waals surface area contributed by atoms with Gasteiger partial charge in [0.25, 0.3) is 5.91 Å². The number of nitrogens with zero attached hydrogens (tertiary/aromatic N) is 1. The fraction of sp³-hybridized carbons (Fsp3) is 0.703. The second kappa shape index (κ2) is 14.6. The van der Waals surface area contributed by atoms with Gasteiger partial charge < -0.3 is 31.3 Å². The number of primary amides is 1. The lowest BCUT2D eigenvalue weighted by Gasteiger charge is -2.40. The Kier molecular flexibility index (Phi) is 10.9. The van der Waals surface area contributed by atoms with Crippen LogP contribution in [0.1, 0.15) is 91.5 Å². The first-order chi connectivity index (χ1) is 22.7. The van der Waals surface area contributed by atoms with Crippen molar-refractivity contribution in [3.05, 3.63) is 35.9 Å². The third-order valence-corrected chi connectivity index (χ3v) is 10.9. The lowest BCUT2D eigenvalue weighted by molar-refractivity contribution is -0.144. The highest BCUT2D eigenvalue weighted by Crippen LogP contribution is 2.59. The third kappa shape index (κ3) is 8.39. The molecule has 6 atom stereocenters. The standard InChI is InChI=1S/C37H55N5O6/c1-22(2)27-25-19-42(29(28(25)27)33(45)39-26(18-23-14-15-23)30(43)32(38)44)34(46)31(36(3,4)5)40-35(47)41-37(16-10-7-11-17-37)21-48-20-24-12-8-6-9-13-24/h6,8-9,12-13,22-23,25-29,31H,7,10-11,14-21H2,1-5H3,(H2,38,44)(H,39,45)(H2,40,41,47)/t25-,26?,27?,28?,29?,31?/m1/s1. The number of nitrogens with one attached hydrogen (secondary N) is 3. The van der Waals surface area contributed by atoms with E-state index in [2.05, 4.69) is 29.8 Å². The van der Waals surface area contributed by atoms with Gasteiger partial charge in [-0.1, -0.05) is 97.1 Å². The van der Waals surface area contributed by atoms with Crippen molar-refractivity contribution in [2.45, 2.75) is 116 Å². The molecule has 3 aliphatic carbocycles. The maximum Gasteiger partial charge on any atom is 0.315 e. The molecule has 1 aliphatic heterocycles. The average Bonchev–Trinajstić information content (AvgIpc) is 3.95. The minimum absolute atomic E-state index is 0.0547. The number of ether oxygens (including phenoxy) is 1. The van der Waals surface area contributed by atoms with Crippen molar-refractivity contribution in [3.63, 3.8) is 0 Å². The molecule has 3 saturated carbocycles. The number of piperidine rings is 1. The Morgan fingerprint density at radius 2 is 1.67 bits per heavy atom. The number of rotatable bonds is 14. The number of likely N-dealkylation sites (tertiary alicyclic amines) is 1. The van der Waals surface area contributed by atoms with Gasteiger partial charge in [0, 0.05) is 6.54 Å². The van der Waals surface area contributed by atoms with Crippen LogP contribution in [0.3, 0.4) is 0 Å². The Hall–Kier alpha value is -3.47. The highest BCUT2D eigenvalue weighted by Gasteiger charge is 2.65. The van der Waals surface area contributed by atoms with Gasteiger partial charge in [0.1, 0.15) is 12.1 Å². The number of amides is 5. The highest BCUT2D eigenvalue weighted by molar-refractivity contribution is 6.37. The molecule has 4 aliphatic rings. The predicted molar refractivity (Wildman–Crippen MR) is 181 cm³/mol. The number of nitrogens with two attached hydrogens (primary N) is 1. The summed E-state index contributed by atoms with van der Waals surface area (Å²) in [6.07, 6.45) is 6.84. The Morgan fingerprint density at radius 3 is 2.25 bits per heavy atom. The van der Waals surface area contributed by atoms with Gasteiger partial charge in [-0.05, 0) is 59.8 Å². The van der Waals surface area contributed by atoms with Crippen LogP contribution in [0.5, 0.6) is 0 Å². The zero-order valence-electron chi connectivity index (χ0n) is 29.3. The number of urea groups is 1. The van der Waals surface area contributed by atoms with Gasteiger partial charge in [0.05, 0.1) is 24.8 Å². The summed E-state index contributed by atoms with van der Waals surface area (Å²) in [6, 6.07) is 6.76. The fourth-order valence-electron chi connectivity index (χ4n) is 8.19. The summed E-state index contributed by atoms with van der Waals surface area (Å²) in [5.74, 6) is -1.70. The van der Waals surface area contributed by atoms with Crippen molar-refractivity contribution >= 4 is 29.5 Å². The van der Waals surface area contributed by atoms with Gasteiger partial charge >= 0.3 is 6.03 Å². The van der Waals surface area contributed by atoms with Crippen molar-refractivity contribution in [3.8, 4) is 0 Å². The fourth-order valence-corrected chi connectivity index (χ4v) is 8.19. The van der Waals surface area contributed by atoms with Crippen LogP contribution in [-0.4, -0.2) is 71.3 Å². The van der Waals surface area contributed by atoms with E-state index in [1.807, 2.05) is 51.1 Å². The topological polar surface area (TPSA) is 160 Å². The van der Waals surface area contributed by atoms with Crippen molar-refractivity contribution in [1.29, 1.82) is 0 Å². The SMILES string of the molecule is CC(C)C1C2C(C(=O)NC(CC3CC3)C(=O)C(N)=O)N(C(=O)C(NC(=O)NC3(COCc4ccccc4)CCCCC3)C(C)(C)C)C[C@H]12. The molecule has 5 rings (SSSR count). The molecule has 5 N–H and O–H groups in total. The number of benzene rings is 1. The summed E-state index contributed by atoms with van der Waals surface area (Å²) >= 11 is 0. The average molecular weight is 666 g/mol. The minimum Gasteiger partial charge on any atom is -0.374 e. The van der Waals surface area contributed by atoms with Crippen molar-refractivity contribution in [2.24, 2.45) is 40.7 Å². The summed E-state index contributed by atoms with van der Waals surface area (Å²) in [5.41, 5.74) is 5.19. The summed E-state index contributed by atoms with van der Waals surface area (Å²) < 4.78 is 6.13. The van der Waals surface area contributed by atoms with Gasteiger partial charge in [-0.3, -0.25) is 19.2 Å². The quantitative estimate of drug-likeness (QED) is 0.222. The highest BCUT2D eigenvalue weighted by atomic mass is 16.5. The summed E-state index contributed by atoms with van der Waals surface area (Å²) in [5, 5.41) is 9.03. The summed E-state index contributed by atoms with van der Waals surface area (Å²) in [4.78, 5) is 68.3. The molecule has 1 saturated heterocycles. The first-order valence-electron chi connectivity index (χ1n) is 17.9. The summed E-state index contributed by atoms with van der Waals surface area (Å²) in [7, 11) is 0. The van der Waals surface area contributed by atoms with Crippen LogP contribution in [-0.2, 0) is 30.5 Å². The molecular formula is C37H55N5O6. The Labute approximate surface area is 284 Å². The number of carbonyl (C=O) groups excluding carboxylic acids is 5. The molecule has 0 spiro atoms. The van der Waals surface area contributed by atoms with Crippen LogP contribution in [0.15, 0.2) is 30.3 Å². The van der Waals surface area contributed by atoms with Crippen LogP contribution < -0.4 is 21.7 Å². The molecule has 11 heteroatoms. The molecule has 5 amide bonds. The van der Waals surface area contributed by atoms with Gasteiger partial charge in [-0.15, -0.1) is 0 Å². The molecule has 5 unspecified atom stereocenters. The van der Waals surface area contributed by atoms with Crippen LogP contribution in [0.2, 0.25) is 0 Å². The minimum atomic E-state index is -1.08. The molecular weight excluding hydrogens is 610 g/mol. The van der Waals surface area contributed by atoms with E-state index < -0.39 is 52.7 Å². The zero-order chi connectivity index (χ0) is 34.8. The monoisotopic (exact) mass is 665 g/mol. The number of Topliss-reactive ketones (excluding diaryl/α,β-unsaturated/α-hetero) is 1. The smallest absolute Gasteiger partial charge is 0.315 e. The molecule has 4 fully saturated rings. The predicted octanol–water partition coefficient (Wildman–Crippen LogP) is 3.69. The molecule has 48 heavy (non-hydrogen) atoms. The number of carbonyl (C=O) groups is 5. The van der Waals surface area contributed by atoms with E-state index >= 15 is 0 Å². The Balaban J connectivity index is 1.30. The van der Waals surface area contributed by atoms with Gasteiger partial charge in [0.2, 0.25) is 17.6 Å². The second-order valence-corrected chi connectivity index (χ2v) is 16.2. The Bertz CT molecular complexity index is 1350. The maximum absolute atomic E-state index is 14.4. The van der Waals surface area contributed by atoms with E-state index in [1.54, 1.807) is 4.90 Å². The van der Waals surface area contributed by atoms with E-state index in [4.69, 9.17) is 10.5 Å². The zero-order valence-corrected chi connectivity index (χ0v) is 29.3. The lowest BCUT2D eigenvalue weighted by atomic mass is 9.82. The normalized spacial score (nSPS) is 25.8. The van der Waals surface area contributed by atoms with Crippen molar-refractivity contribution < 1.29 is 28.7 Å². The van der Waals surface area contributed by atoms with E-state index in [9.17, 15) is 24.0 Å². The largest absolute Gasteiger partial charge is 0.374 e.